The fraction of sp³-hybridized carbons (Fsp3) is 0.250. The minimum atomic E-state index is -3.16. The first-order valence-electron chi connectivity index (χ1n) is 10.4. The molecule has 172 valence electrons. The number of ether oxygens (including phenoxy) is 2. The Labute approximate surface area is 196 Å². The smallest absolute Gasteiger partial charge is 0.338 e. The molecule has 0 spiro atoms. The summed E-state index contributed by atoms with van der Waals surface area (Å²) in [7, 11) is -3.16. The third kappa shape index (κ3) is 6.21. The summed E-state index contributed by atoms with van der Waals surface area (Å²) in [6.07, 6.45) is 0.385. The summed E-state index contributed by atoms with van der Waals surface area (Å²) in [6.45, 7) is -0.164. The van der Waals surface area contributed by atoms with E-state index >= 15 is 0 Å². The van der Waals surface area contributed by atoms with Gasteiger partial charge in [0, 0.05) is 10.9 Å². The molecule has 4 rings (SSSR count). The highest BCUT2D eigenvalue weighted by atomic mass is 32.2. The van der Waals surface area contributed by atoms with E-state index in [0.29, 0.717) is 24.5 Å². The number of hydrogen-bond donors (Lipinski definition) is 0. The summed E-state index contributed by atoms with van der Waals surface area (Å²) >= 11 is 1.49. The normalized spacial score (nSPS) is 16.8. The van der Waals surface area contributed by atoms with Crippen LogP contribution >= 0.6 is 11.3 Å². The molecule has 33 heavy (non-hydrogen) atoms. The van der Waals surface area contributed by atoms with Crippen molar-refractivity contribution in [3.63, 3.8) is 0 Å². The van der Waals surface area contributed by atoms with Crippen LogP contribution in [0, 0.1) is 0 Å². The van der Waals surface area contributed by atoms with Crippen LogP contribution in [0.25, 0.3) is 0 Å². The number of carbonyl (C=O) groups excluding carboxylic acids is 2. The first kappa shape index (κ1) is 23.0. The minimum absolute atomic E-state index is 0.0586. The van der Waals surface area contributed by atoms with Gasteiger partial charge >= 0.3 is 5.97 Å². The molecule has 1 aliphatic heterocycles. The maximum atomic E-state index is 12.9. The van der Waals surface area contributed by atoms with Gasteiger partial charge in [-0.2, -0.15) is 0 Å². The van der Waals surface area contributed by atoms with E-state index in [4.69, 9.17) is 9.47 Å². The van der Waals surface area contributed by atoms with Crippen LogP contribution in [0.4, 0.5) is 0 Å². The molecule has 1 fully saturated rings. The zero-order valence-corrected chi connectivity index (χ0v) is 19.4. The molecular formula is C24H23NO6S2. The Balaban J connectivity index is 1.36. The van der Waals surface area contributed by atoms with Gasteiger partial charge in [-0.15, -0.1) is 11.3 Å². The molecule has 1 aliphatic rings. The summed E-state index contributed by atoms with van der Waals surface area (Å²) < 4.78 is 34.8. The Bertz CT molecular complexity index is 1190. The van der Waals surface area contributed by atoms with Gasteiger partial charge in [-0.1, -0.05) is 24.3 Å². The van der Waals surface area contributed by atoms with Crippen molar-refractivity contribution in [1.82, 2.24) is 4.90 Å². The number of benzene rings is 2. The third-order valence-corrected chi connectivity index (χ3v) is 7.88. The molecule has 0 N–H and O–H groups in total. The van der Waals surface area contributed by atoms with E-state index < -0.39 is 34.4 Å². The van der Waals surface area contributed by atoms with Gasteiger partial charge in [0.25, 0.3) is 5.91 Å². The van der Waals surface area contributed by atoms with Crippen LogP contribution in [0.1, 0.15) is 21.7 Å². The van der Waals surface area contributed by atoms with Gasteiger partial charge < -0.3 is 14.4 Å². The summed E-state index contributed by atoms with van der Waals surface area (Å²) in [5.74, 6) is 0.188. The average molecular weight is 486 g/mol. The largest absolute Gasteiger partial charge is 0.457 e. The van der Waals surface area contributed by atoms with Crippen molar-refractivity contribution in [1.29, 1.82) is 0 Å². The van der Waals surface area contributed by atoms with Crippen molar-refractivity contribution < 1.29 is 27.5 Å². The van der Waals surface area contributed by atoms with Crippen LogP contribution in [0.2, 0.25) is 0 Å². The molecule has 3 aromatic rings. The number of amides is 1. The lowest BCUT2D eigenvalue weighted by atomic mass is 10.2. The summed E-state index contributed by atoms with van der Waals surface area (Å²) in [5, 5.41) is 1.90. The molecule has 0 bridgehead atoms. The summed E-state index contributed by atoms with van der Waals surface area (Å²) in [6, 6.07) is 19.0. The van der Waals surface area contributed by atoms with Crippen LogP contribution in [0.5, 0.6) is 11.5 Å². The quantitative estimate of drug-likeness (QED) is 0.450. The number of thiophene rings is 1. The standard InChI is InChI=1S/C24H23NO6S2/c26-23(25(15-22-7-4-13-32-22)19-12-14-33(28,29)17-19)16-30-24(27)18-8-10-21(11-9-18)31-20-5-2-1-3-6-20/h1-11,13,19H,12,14-17H2. The van der Waals surface area contributed by atoms with E-state index in [2.05, 4.69) is 0 Å². The molecule has 1 saturated heterocycles. The van der Waals surface area contributed by atoms with Crippen LogP contribution < -0.4 is 4.74 Å². The number of carbonyl (C=O) groups is 2. The molecule has 0 radical (unpaired) electrons. The fourth-order valence-electron chi connectivity index (χ4n) is 3.59. The molecule has 0 aliphatic carbocycles. The van der Waals surface area contributed by atoms with Crippen molar-refractivity contribution in [2.45, 2.75) is 19.0 Å². The highest BCUT2D eigenvalue weighted by Gasteiger charge is 2.35. The first-order valence-corrected chi connectivity index (χ1v) is 13.1. The van der Waals surface area contributed by atoms with Crippen molar-refractivity contribution in [2.24, 2.45) is 0 Å². The zero-order valence-electron chi connectivity index (χ0n) is 17.8. The topological polar surface area (TPSA) is 90.0 Å². The van der Waals surface area contributed by atoms with E-state index in [1.807, 2.05) is 47.8 Å². The number of rotatable bonds is 8. The second kappa shape index (κ2) is 10.2. The van der Waals surface area contributed by atoms with E-state index in [1.54, 1.807) is 24.3 Å². The number of hydrogen-bond acceptors (Lipinski definition) is 7. The Kier molecular flexibility index (Phi) is 7.10. The Morgan fingerprint density at radius 2 is 1.70 bits per heavy atom. The Morgan fingerprint density at radius 1 is 0.970 bits per heavy atom. The lowest BCUT2D eigenvalue weighted by Crippen LogP contribution is -2.42. The Hall–Kier alpha value is -3.17. The lowest BCUT2D eigenvalue weighted by Gasteiger charge is -2.27. The predicted octanol–water partition coefficient (Wildman–Crippen LogP) is 3.91. The van der Waals surface area contributed by atoms with Gasteiger partial charge in [0.1, 0.15) is 11.5 Å². The molecule has 9 heteroatoms. The summed E-state index contributed by atoms with van der Waals surface area (Å²) in [5.41, 5.74) is 0.288. The molecule has 1 atom stereocenters. The Morgan fingerprint density at radius 3 is 2.33 bits per heavy atom. The van der Waals surface area contributed by atoms with Gasteiger partial charge in [0.15, 0.2) is 16.4 Å². The van der Waals surface area contributed by atoms with Crippen LogP contribution in [0.3, 0.4) is 0 Å². The van der Waals surface area contributed by atoms with Crippen molar-refractivity contribution in [3.8, 4) is 11.5 Å². The van der Waals surface area contributed by atoms with Crippen molar-refractivity contribution in [3.05, 3.63) is 82.6 Å². The van der Waals surface area contributed by atoms with Crippen LogP contribution in [-0.4, -0.2) is 49.3 Å². The molecular weight excluding hydrogens is 462 g/mol. The molecule has 7 nitrogen and oxygen atoms in total. The van der Waals surface area contributed by atoms with Gasteiger partial charge in [-0.25, -0.2) is 13.2 Å². The maximum absolute atomic E-state index is 12.9. The molecule has 2 heterocycles. The SMILES string of the molecule is O=C(OCC(=O)N(Cc1cccs1)C1CCS(=O)(=O)C1)c1ccc(Oc2ccccc2)cc1. The average Bonchev–Trinajstić information content (AvgIpc) is 3.46. The maximum Gasteiger partial charge on any atom is 0.338 e. The van der Waals surface area contributed by atoms with E-state index in [1.165, 1.54) is 16.2 Å². The first-order chi connectivity index (χ1) is 15.9. The molecule has 1 amide bonds. The van der Waals surface area contributed by atoms with Gasteiger partial charge in [-0.05, 0) is 54.3 Å². The van der Waals surface area contributed by atoms with E-state index in [-0.39, 0.29) is 17.1 Å². The highest BCUT2D eigenvalue weighted by molar-refractivity contribution is 7.91. The molecule has 2 aromatic carbocycles. The molecule has 0 saturated carbocycles. The van der Waals surface area contributed by atoms with Crippen molar-refractivity contribution in [2.75, 3.05) is 18.1 Å². The number of sulfone groups is 1. The van der Waals surface area contributed by atoms with Crippen LogP contribution in [-0.2, 0) is 25.9 Å². The zero-order chi connectivity index (χ0) is 23.3. The molecule has 1 aromatic heterocycles. The fourth-order valence-corrected chi connectivity index (χ4v) is 6.02. The summed E-state index contributed by atoms with van der Waals surface area (Å²) in [4.78, 5) is 27.8. The number of para-hydroxylation sites is 1. The van der Waals surface area contributed by atoms with Gasteiger partial charge in [-0.3, -0.25) is 4.79 Å². The lowest BCUT2D eigenvalue weighted by molar-refractivity contribution is -0.137. The number of esters is 1. The molecule has 1 unspecified atom stereocenters. The van der Waals surface area contributed by atoms with Gasteiger partial charge in [0.2, 0.25) is 0 Å². The highest BCUT2D eigenvalue weighted by Crippen LogP contribution is 2.23. The van der Waals surface area contributed by atoms with Crippen LogP contribution in [0.15, 0.2) is 72.1 Å². The predicted molar refractivity (Wildman–Crippen MR) is 125 cm³/mol. The second-order valence-electron chi connectivity index (χ2n) is 7.67. The van der Waals surface area contributed by atoms with E-state index in [9.17, 15) is 18.0 Å². The third-order valence-electron chi connectivity index (χ3n) is 5.27. The van der Waals surface area contributed by atoms with Crippen molar-refractivity contribution >= 4 is 33.1 Å². The van der Waals surface area contributed by atoms with Gasteiger partial charge in [0.05, 0.1) is 23.6 Å². The second-order valence-corrected chi connectivity index (χ2v) is 10.9. The monoisotopic (exact) mass is 485 g/mol. The number of nitrogens with zero attached hydrogens (tertiary/aromatic N) is 1. The minimum Gasteiger partial charge on any atom is -0.457 e. The van der Waals surface area contributed by atoms with E-state index in [0.717, 1.165) is 4.88 Å².